The zero-order valence-electron chi connectivity index (χ0n) is 12.0. The molecule has 3 rings (SSSR count). The monoisotopic (exact) mass is 294 g/mol. The lowest BCUT2D eigenvalue weighted by molar-refractivity contribution is -0.139. The molecule has 0 unspecified atom stereocenters. The van der Waals surface area contributed by atoms with Crippen LogP contribution in [0.5, 0.6) is 0 Å². The lowest BCUT2D eigenvalue weighted by Gasteiger charge is -2.09. The Labute approximate surface area is 126 Å². The van der Waals surface area contributed by atoms with E-state index in [-0.39, 0.29) is 12.4 Å². The zero-order chi connectivity index (χ0) is 15.7. The number of nitrogens with two attached hydrogens (primary N) is 1. The first-order chi connectivity index (χ1) is 10.6. The Hall–Kier alpha value is -2.95. The number of amides is 1. The van der Waals surface area contributed by atoms with E-state index in [0.29, 0.717) is 27.4 Å². The van der Waals surface area contributed by atoms with Gasteiger partial charge in [-0.05, 0) is 23.8 Å². The van der Waals surface area contributed by atoms with Crippen molar-refractivity contribution in [3.8, 4) is 0 Å². The molecule has 0 saturated heterocycles. The Bertz CT molecular complexity index is 903. The molecule has 2 aromatic carbocycles. The number of primary amides is 1. The summed E-state index contributed by atoms with van der Waals surface area (Å²) in [7, 11) is 1.34. The number of fused-ring (bicyclic) bond motifs is 2. The number of hydrogen-bond acceptors (Lipinski definition) is 4. The molecule has 0 fully saturated rings. The van der Waals surface area contributed by atoms with E-state index < -0.39 is 5.91 Å². The second kappa shape index (κ2) is 5.44. The first kappa shape index (κ1) is 14.0. The summed E-state index contributed by atoms with van der Waals surface area (Å²) in [5, 5.41) is 1.35. The Morgan fingerprint density at radius 3 is 2.55 bits per heavy atom. The molecule has 110 valence electrons. The molecule has 0 aliphatic carbocycles. The summed E-state index contributed by atoms with van der Waals surface area (Å²) in [6.07, 6.45) is 0.136. The highest BCUT2D eigenvalue weighted by atomic mass is 16.5. The molecule has 3 aromatic rings. The van der Waals surface area contributed by atoms with Gasteiger partial charge in [0, 0.05) is 10.8 Å². The first-order valence-electron chi connectivity index (χ1n) is 6.78. The van der Waals surface area contributed by atoms with Gasteiger partial charge < -0.3 is 10.5 Å². The fourth-order valence-electron chi connectivity index (χ4n) is 2.55. The molecule has 0 aliphatic heterocycles. The van der Waals surface area contributed by atoms with Gasteiger partial charge in [0.15, 0.2) is 0 Å². The maximum atomic E-state index is 11.9. The number of nitrogens with zero attached hydrogens (tertiary/aromatic N) is 1. The molecule has 0 aliphatic rings. The van der Waals surface area contributed by atoms with Gasteiger partial charge in [0.05, 0.1) is 30.1 Å². The molecule has 0 saturated carbocycles. The number of ether oxygens (including phenoxy) is 1. The van der Waals surface area contributed by atoms with Crippen LogP contribution in [-0.4, -0.2) is 24.0 Å². The van der Waals surface area contributed by atoms with Gasteiger partial charge in [-0.2, -0.15) is 0 Å². The highest BCUT2D eigenvalue weighted by molar-refractivity contribution is 6.15. The van der Waals surface area contributed by atoms with E-state index in [1.165, 1.54) is 7.11 Å². The standard InChI is InChI=1S/C17H14N2O3/c1-22-15(20)9-10-6-7-14-12(8-10)16(17(18)21)11-4-2-3-5-13(11)19-14/h2-8H,9H2,1H3,(H2,18,21). The first-order valence-corrected chi connectivity index (χ1v) is 6.78. The molecule has 5 heteroatoms. The van der Waals surface area contributed by atoms with E-state index >= 15 is 0 Å². The molecule has 2 N–H and O–H groups in total. The van der Waals surface area contributed by atoms with Crippen molar-refractivity contribution in [3.05, 3.63) is 53.6 Å². The fourth-order valence-corrected chi connectivity index (χ4v) is 2.55. The normalized spacial score (nSPS) is 10.8. The summed E-state index contributed by atoms with van der Waals surface area (Å²) in [4.78, 5) is 27.9. The van der Waals surface area contributed by atoms with Crippen molar-refractivity contribution in [2.45, 2.75) is 6.42 Å². The van der Waals surface area contributed by atoms with E-state index in [1.54, 1.807) is 18.2 Å². The van der Waals surface area contributed by atoms with Gasteiger partial charge in [-0.25, -0.2) is 4.98 Å². The molecular formula is C17H14N2O3. The summed E-state index contributed by atoms with van der Waals surface area (Å²) < 4.78 is 4.67. The number of para-hydroxylation sites is 1. The average molecular weight is 294 g/mol. The summed E-state index contributed by atoms with van der Waals surface area (Å²) in [6, 6.07) is 12.7. The Balaban J connectivity index is 2.30. The number of hydrogen-bond donors (Lipinski definition) is 1. The van der Waals surface area contributed by atoms with Crippen molar-refractivity contribution in [1.29, 1.82) is 0 Å². The lowest BCUT2D eigenvalue weighted by atomic mass is 9.99. The van der Waals surface area contributed by atoms with Crippen molar-refractivity contribution in [3.63, 3.8) is 0 Å². The SMILES string of the molecule is COC(=O)Cc1ccc2nc3ccccc3c(C(N)=O)c2c1. The van der Waals surface area contributed by atoms with Crippen LogP contribution in [0.3, 0.4) is 0 Å². The maximum absolute atomic E-state index is 11.9. The lowest BCUT2D eigenvalue weighted by Crippen LogP contribution is -2.13. The Morgan fingerprint density at radius 1 is 1.09 bits per heavy atom. The van der Waals surface area contributed by atoms with Gasteiger partial charge in [-0.15, -0.1) is 0 Å². The van der Waals surface area contributed by atoms with Crippen LogP contribution in [-0.2, 0) is 16.0 Å². The van der Waals surface area contributed by atoms with E-state index in [1.807, 2.05) is 24.3 Å². The molecular weight excluding hydrogens is 280 g/mol. The molecule has 0 atom stereocenters. The Kier molecular flexibility index (Phi) is 3.47. The summed E-state index contributed by atoms with van der Waals surface area (Å²) >= 11 is 0. The van der Waals surface area contributed by atoms with Gasteiger partial charge in [0.25, 0.3) is 0 Å². The van der Waals surface area contributed by atoms with E-state index in [9.17, 15) is 9.59 Å². The van der Waals surface area contributed by atoms with Gasteiger partial charge in [0.1, 0.15) is 0 Å². The van der Waals surface area contributed by atoms with Crippen molar-refractivity contribution >= 4 is 33.7 Å². The van der Waals surface area contributed by atoms with Crippen LogP contribution >= 0.6 is 0 Å². The maximum Gasteiger partial charge on any atom is 0.309 e. The minimum Gasteiger partial charge on any atom is -0.469 e. The summed E-state index contributed by atoms with van der Waals surface area (Å²) in [6.45, 7) is 0. The molecule has 0 bridgehead atoms. The fraction of sp³-hybridized carbons (Fsp3) is 0.118. The van der Waals surface area contributed by atoms with Gasteiger partial charge in [-0.1, -0.05) is 24.3 Å². The number of rotatable bonds is 3. The van der Waals surface area contributed by atoms with E-state index in [0.717, 1.165) is 5.56 Å². The smallest absolute Gasteiger partial charge is 0.309 e. The second-order valence-electron chi connectivity index (χ2n) is 4.97. The average Bonchev–Trinajstić information content (AvgIpc) is 2.52. The number of pyridine rings is 1. The van der Waals surface area contributed by atoms with Crippen LogP contribution in [0, 0.1) is 0 Å². The van der Waals surface area contributed by atoms with E-state index in [2.05, 4.69) is 9.72 Å². The number of benzene rings is 2. The number of carbonyl (C=O) groups is 2. The highest BCUT2D eigenvalue weighted by Crippen LogP contribution is 2.26. The molecule has 0 radical (unpaired) electrons. The summed E-state index contributed by atoms with van der Waals surface area (Å²) in [5.41, 5.74) is 8.12. The molecule has 1 heterocycles. The van der Waals surface area contributed by atoms with Crippen LogP contribution in [0.15, 0.2) is 42.5 Å². The quantitative estimate of drug-likeness (QED) is 0.593. The third kappa shape index (κ3) is 2.37. The van der Waals surface area contributed by atoms with Gasteiger partial charge >= 0.3 is 5.97 Å². The molecule has 22 heavy (non-hydrogen) atoms. The molecule has 0 spiro atoms. The van der Waals surface area contributed by atoms with Crippen molar-refractivity contribution in [2.75, 3.05) is 7.11 Å². The Morgan fingerprint density at radius 2 is 1.82 bits per heavy atom. The van der Waals surface area contributed by atoms with Crippen molar-refractivity contribution in [1.82, 2.24) is 4.98 Å². The minimum atomic E-state index is -0.515. The third-order valence-corrected chi connectivity index (χ3v) is 3.57. The van der Waals surface area contributed by atoms with Crippen LogP contribution in [0.4, 0.5) is 0 Å². The van der Waals surface area contributed by atoms with Gasteiger partial charge in [-0.3, -0.25) is 9.59 Å². The predicted molar refractivity (Wildman–Crippen MR) is 83.5 cm³/mol. The molecule has 1 aromatic heterocycles. The third-order valence-electron chi connectivity index (χ3n) is 3.57. The highest BCUT2D eigenvalue weighted by Gasteiger charge is 2.14. The number of carbonyl (C=O) groups excluding carboxylic acids is 2. The minimum absolute atomic E-state index is 0.136. The second-order valence-corrected chi connectivity index (χ2v) is 4.97. The molecule has 1 amide bonds. The largest absolute Gasteiger partial charge is 0.469 e. The zero-order valence-corrected chi connectivity index (χ0v) is 12.0. The number of aromatic nitrogens is 1. The number of methoxy groups -OCH3 is 1. The van der Waals surface area contributed by atoms with Crippen LogP contribution in [0.25, 0.3) is 21.8 Å². The molecule has 5 nitrogen and oxygen atoms in total. The predicted octanol–water partition coefficient (Wildman–Crippen LogP) is 2.20. The number of esters is 1. The van der Waals surface area contributed by atoms with Crippen LogP contribution in [0.1, 0.15) is 15.9 Å². The summed E-state index contributed by atoms with van der Waals surface area (Å²) in [5.74, 6) is -0.854. The van der Waals surface area contributed by atoms with Crippen molar-refractivity contribution < 1.29 is 14.3 Å². The van der Waals surface area contributed by atoms with Gasteiger partial charge in [0.2, 0.25) is 5.91 Å². The van der Waals surface area contributed by atoms with Crippen LogP contribution in [0.2, 0.25) is 0 Å². The topological polar surface area (TPSA) is 82.3 Å². The van der Waals surface area contributed by atoms with Crippen LogP contribution < -0.4 is 5.73 Å². The van der Waals surface area contributed by atoms with E-state index in [4.69, 9.17) is 5.73 Å². The van der Waals surface area contributed by atoms with Crippen molar-refractivity contribution in [2.24, 2.45) is 5.73 Å².